The smallest absolute Gasteiger partial charge is 0.248 e. The molecule has 0 saturated heterocycles. The molecule has 118 valence electrons. The van der Waals surface area contributed by atoms with Crippen molar-refractivity contribution in [2.45, 2.75) is 33.7 Å². The molecule has 0 atom stereocenters. The summed E-state index contributed by atoms with van der Waals surface area (Å²) in [4.78, 5) is 13.4. The van der Waals surface area contributed by atoms with Crippen LogP contribution in [0.4, 0.5) is 4.39 Å². The minimum Gasteiger partial charge on any atom is -0.366 e. The fourth-order valence-electron chi connectivity index (χ4n) is 2.29. The molecule has 0 saturated carbocycles. The number of hydrogen-bond acceptors (Lipinski definition) is 3. The first-order valence-corrected chi connectivity index (χ1v) is 7.29. The van der Waals surface area contributed by atoms with Crippen molar-refractivity contribution in [3.8, 4) is 0 Å². The molecule has 0 spiro atoms. The van der Waals surface area contributed by atoms with Crippen LogP contribution in [0.2, 0.25) is 0 Å². The van der Waals surface area contributed by atoms with Crippen LogP contribution in [-0.4, -0.2) is 30.4 Å². The molecule has 1 aromatic rings. The van der Waals surface area contributed by atoms with Crippen molar-refractivity contribution in [1.82, 2.24) is 4.90 Å². The highest BCUT2D eigenvalue weighted by Gasteiger charge is 2.21. The summed E-state index contributed by atoms with van der Waals surface area (Å²) >= 11 is 0. The van der Waals surface area contributed by atoms with E-state index in [-0.39, 0.29) is 11.2 Å². The number of hydrogen-bond donors (Lipinski definition) is 2. The summed E-state index contributed by atoms with van der Waals surface area (Å²) < 4.78 is 13.9. The van der Waals surface area contributed by atoms with Crippen LogP contribution in [0.3, 0.4) is 0 Å². The van der Waals surface area contributed by atoms with Crippen molar-refractivity contribution in [1.29, 1.82) is 0 Å². The van der Waals surface area contributed by atoms with E-state index in [4.69, 9.17) is 11.5 Å². The molecule has 1 rings (SSSR count). The molecule has 1 aromatic carbocycles. The molecule has 0 aliphatic rings. The number of primary amides is 1. The number of rotatable bonds is 8. The van der Waals surface area contributed by atoms with Gasteiger partial charge in [-0.15, -0.1) is 0 Å². The highest BCUT2D eigenvalue weighted by atomic mass is 19.1. The predicted molar refractivity (Wildman–Crippen MR) is 83.3 cm³/mol. The van der Waals surface area contributed by atoms with Gasteiger partial charge in [-0.3, -0.25) is 9.69 Å². The highest BCUT2D eigenvalue weighted by molar-refractivity contribution is 5.92. The normalized spacial score (nSPS) is 11.9. The summed E-state index contributed by atoms with van der Waals surface area (Å²) in [5, 5.41) is 0. The first kappa shape index (κ1) is 17.6. The molecule has 4 N–H and O–H groups in total. The summed E-state index contributed by atoms with van der Waals surface area (Å²) in [7, 11) is 0. The predicted octanol–water partition coefficient (Wildman–Crippen LogP) is 2.12. The minimum atomic E-state index is -0.541. The summed E-state index contributed by atoms with van der Waals surface area (Å²) in [6.07, 6.45) is 0.970. The lowest BCUT2D eigenvalue weighted by Crippen LogP contribution is -2.39. The Balaban J connectivity index is 2.93. The average Bonchev–Trinajstić information content (AvgIpc) is 2.41. The van der Waals surface area contributed by atoms with Gasteiger partial charge in [0.1, 0.15) is 5.82 Å². The molecule has 0 aromatic heterocycles. The topological polar surface area (TPSA) is 72.3 Å². The second-order valence-corrected chi connectivity index (χ2v) is 6.25. The molecule has 5 heteroatoms. The Hall–Kier alpha value is -1.46. The van der Waals surface area contributed by atoms with Gasteiger partial charge in [0.25, 0.3) is 0 Å². The quantitative estimate of drug-likeness (QED) is 0.771. The van der Waals surface area contributed by atoms with Gasteiger partial charge >= 0.3 is 0 Å². The van der Waals surface area contributed by atoms with E-state index >= 15 is 0 Å². The van der Waals surface area contributed by atoms with Crippen molar-refractivity contribution < 1.29 is 9.18 Å². The zero-order valence-electron chi connectivity index (χ0n) is 13.2. The van der Waals surface area contributed by atoms with Crippen LogP contribution in [0.5, 0.6) is 0 Å². The standard InChI is InChI=1S/C16H26FN3O/c1-4-7-20(11-16(2,3)10-18)9-13-8-12(15(19)21)5-6-14(13)17/h5-6,8H,4,7,9-11,18H2,1-3H3,(H2,19,21). The monoisotopic (exact) mass is 295 g/mol. The lowest BCUT2D eigenvalue weighted by Gasteiger charge is -2.31. The van der Waals surface area contributed by atoms with Gasteiger partial charge in [0.15, 0.2) is 0 Å². The molecule has 4 nitrogen and oxygen atoms in total. The largest absolute Gasteiger partial charge is 0.366 e. The van der Waals surface area contributed by atoms with Crippen LogP contribution < -0.4 is 11.5 Å². The Morgan fingerprint density at radius 1 is 1.38 bits per heavy atom. The first-order valence-electron chi connectivity index (χ1n) is 7.29. The van der Waals surface area contributed by atoms with Crippen molar-refractivity contribution in [2.75, 3.05) is 19.6 Å². The summed E-state index contributed by atoms with van der Waals surface area (Å²) in [5.41, 5.74) is 11.8. The molecule has 0 fully saturated rings. The number of amides is 1. The fourth-order valence-corrected chi connectivity index (χ4v) is 2.29. The third-order valence-corrected chi connectivity index (χ3v) is 3.47. The molecule has 0 aliphatic carbocycles. The maximum absolute atomic E-state index is 13.9. The minimum absolute atomic E-state index is 0.0348. The summed E-state index contributed by atoms with van der Waals surface area (Å²) in [6.45, 7) is 8.90. The number of carbonyl (C=O) groups is 1. The third-order valence-electron chi connectivity index (χ3n) is 3.47. The summed E-state index contributed by atoms with van der Waals surface area (Å²) in [5.74, 6) is -0.854. The zero-order chi connectivity index (χ0) is 16.0. The highest BCUT2D eigenvalue weighted by Crippen LogP contribution is 2.19. The van der Waals surface area contributed by atoms with Crippen LogP contribution in [0, 0.1) is 11.2 Å². The van der Waals surface area contributed by atoms with E-state index in [0.29, 0.717) is 24.2 Å². The van der Waals surface area contributed by atoms with Crippen molar-refractivity contribution >= 4 is 5.91 Å². The number of halogens is 1. The van der Waals surface area contributed by atoms with E-state index in [2.05, 4.69) is 25.7 Å². The van der Waals surface area contributed by atoms with Crippen LogP contribution in [0.1, 0.15) is 43.1 Å². The van der Waals surface area contributed by atoms with E-state index in [1.807, 2.05) is 0 Å². The van der Waals surface area contributed by atoms with E-state index in [1.165, 1.54) is 18.2 Å². The van der Waals surface area contributed by atoms with Crippen molar-refractivity contribution in [2.24, 2.45) is 16.9 Å². The van der Waals surface area contributed by atoms with Gasteiger partial charge in [-0.05, 0) is 43.1 Å². The van der Waals surface area contributed by atoms with Crippen LogP contribution in [0.25, 0.3) is 0 Å². The Bertz CT molecular complexity index is 488. The average molecular weight is 295 g/mol. The van der Waals surface area contributed by atoms with Gasteiger partial charge in [0, 0.05) is 24.2 Å². The lowest BCUT2D eigenvalue weighted by molar-refractivity contribution is 0.1000. The fraction of sp³-hybridized carbons (Fsp3) is 0.562. The van der Waals surface area contributed by atoms with Gasteiger partial charge < -0.3 is 11.5 Å². The van der Waals surface area contributed by atoms with E-state index < -0.39 is 5.91 Å². The van der Waals surface area contributed by atoms with Crippen molar-refractivity contribution in [3.05, 3.63) is 35.1 Å². The van der Waals surface area contributed by atoms with Gasteiger partial charge in [-0.1, -0.05) is 20.8 Å². The van der Waals surface area contributed by atoms with E-state index in [1.54, 1.807) is 0 Å². The lowest BCUT2D eigenvalue weighted by atomic mass is 9.92. The van der Waals surface area contributed by atoms with Gasteiger partial charge in [0.2, 0.25) is 5.91 Å². The van der Waals surface area contributed by atoms with E-state index in [0.717, 1.165) is 19.5 Å². The Kier molecular flexibility index (Phi) is 6.30. The second kappa shape index (κ2) is 7.52. The zero-order valence-corrected chi connectivity index (χ0v) is 13.2. The molecule has 0 unspecified atom stereocenters. The molecular formula is C16H26FN3O. The van der Waals surface area contributed by atoms with Crippen LogP contribution in [-0.2, 0) is 6.54 Å². The molecule has 0 heterocycles. The Labute approximate surface area is 126 Å². The van der Waals surface area contributed by atoms with Gasteiger partial charge in [-0.25, -0.2) is 4.39 Å². The number of nitrogens with zero attached hydrogens (tertiary/aromatic N) is 1. The van der Waals surface area contributed by atoms with Crippen molar-refractivity contribution in [3.63, 3.8) is 0 Å². The molecule has 0 radical (unpaired) electrons. The maximum Gasteiger partial charge on any atom is 0.248 e. The first-order chi connectivity index (χ1) is 9.79. The Morgan fingerprint density at radius 3 is 2.57 bits per heavy atom. The molecule has 0 aliphatic heterocycles. The molecular weight excluding hydrogens is 269 g/mol. The SMILES string of the molecule is CCCN(Cc1cc(C(N)=O)ccc1F)CC(C)(C)CN. The van der Waals surface area contributed by atoms with Crippen LogP contribution >= 0.6 is 0 Å². The van der Waals surface area contributed by atoms with E-state index in [9.17, 15) is 9.18 Å². The number of carbonyl (C=O) groups excluding carboxylic acids is 1. The van der Waals surface area contributed by atoms with Gasteiger partial charge in [0.05, 0.1) is 0 Å². The third kappa shape index (κ3) is 5.44. The molecule has 1 amide bonds. The number of benzene rings is 1. The summed E-state index contributed by atoms with van der Waals surface area (Å²) in [6, 6.07) is 4.25. The molecule has 0 bridgehead atoms. The Morgan fingerprint density at radius 2 is 2.05 bits per heavy atom. The number of nitrogens with two attached hydrogens (primary N) is 2. The maximum atomic E-state index is 13.9. The van der Waals surface area contributed by atoms with Crippen LogP contribution in [0.15, 0.2) is 18.2 Å². The second-order valence-electron chi connectivity index (χ2n) is 6.25. The molecule has 21 heavy (non-hydrogen) atoms. The van der Waals surface area contributed by atoms with Gasteiger partial charge in [-0.2, -0.15) is 0 Å².